The van der Waals surface area contributed by atoms with E-state index in [4.69, 9.17) is 0 Å². The van der Waals surface area contributed by atoms with Crippen LogP contribution < -0.4 is 0 Å². The van der Waals surface area contributed by atoms with Crippen molar-refractivity contribution in [2.45, 2.75) is 19.3 Å². The van der Waals surface area contributed by atoms with Gasteiger partial charge in [-0.05, 0) is 41.2 Å². The van der Waals surface area contributed by atoms with E-state index in [1.807, 2.05) is 12.1 Å². The van der Waals surface area contributed by atoms with Gasteiger partial charge in [0.1, 0.15) is 5.75 Å². The third kappa shape index (κ3) is 0.934. The van der Waals surface area contributed by atoms with Crippen molar-refractivity contribution in [3.8, 4) is 5.75 Å². The van der Waals surface area contributed by atoms with Crippen LogP contribution in [0.2, 0.25) is 0 Å². The van der Waals surface area contributed by atoms with E-state index in [9.17, 15) is 5.11 Å². The zero-order valence-corrected chi connectivity index (χ0v) is 7.17. The molecule has 1 aromatic carbocycles. The Morgan fingerprint density at radius 1 is 1.50 bits per heavy atom. The summed E-state index contributed by atoms with van der Waals surface area (Å²) in [6, 6.07) is 5.52. The van der Waals surface area contributed by atoms with Gasteiger partial charge in [0.2, 0.25) is 0 Å². The quantitative estimate of drug-likeness (QED) is 0.618. The molecule has 2 rings (SSSR count). The first kappa shape index (κ1) is 7.41. The molecular weight excluding hydrogens is 148 g/mol. The Labute approximate surface area is 72.4 Å². The molecule has 0 heterocycles. The van der Waals surface area contributed by atoms with Crippen LogP contribution in [-0.4, -0.2) is 5.11 Å². The van der Waals surface area contributed by atoms with Crippen LogP contribution in [0.25, 0.3) is 5.57 Å². The SMILES string of the molecule is C=C1CC(C)c2cc(O)ccc21. The van der Waals surface area contributed by atoms with Crippen LogP contribution in [0.4, 0.5) is 0 Å². The number of phenolic OH excluding ortho intramolecular Hbond substituents is 1. The molecule has 1 N–H and O–H groups in total. The molecule has 0 aliphatic heterocycles. The molecule has 1 aliphatic rings. The summed E-state index contributed by atoms with van der Waals surface area (Å²) in [4.78, 5) is 0. The highest BCUT2D eigenvalue weighted by Crippen LogP contribution is 2.40. The van der Waals surface area contributed by atoms with Gasteiger partial charge >= 0.3 is 0 Å². The zero-order chi connectivity index (χ0) is 8.72. The second kappa shape index (κ2) is 2.37. The minimum absolute atomic E-state index is 0.357. The van der Waals surface area contributed by atoms with Crippen molar-refractivity contribution in [3.05, 3.63) is 35.9 Å². The number of hydrogen-bond acceptors (Lipinski definition) is 1. The monoisotopic (exact) mass is 160 g/mol. The Morgan fingerprint density at radius 3 is 3.00 bits per heavy atom. The molecular formula is C11H12O. The van der Waals surface area contributed by atoms with Crippen LogP contribution in [0.15, 0.2) is 24.8 Å². The van der Waals surface area contributed by atoms with Crippen molar-refractivity contribution < 1.29 is 5.11 Å². The summed E-state index contributed by atoms with van der Waals surface area (Å²) >= 11 is 0. The summed E-state index contributed by atoms with van der Waals surface area (Å²) in [6.45, 7) is 6.16. The van der Waals surface area contributed by atoms with Crippen LogP contribution >= 0.6 is 0 Å². The van der Waals surface area contributed by atoms with E-state index in [-0.39, 0.29) is 0 Å². The topological polar surface area (TPSA) is 20.2 Å². The molecule has 62 valence electrons. The van der Waals surface area contributed by atoms with Crippen LogP contribution in [0.1, 0.15) is 30.4 Å². The van der Waals surface area contributed by atoms with Crippen LogP contribution in [0, 0.1) is 0 Å². The van der Waals surface area contributed by atoms with Crippen molar-refractivity contribution in [3.63, 3.8) is 0 Å². The fourth-order valence-electron chi connectivity index (χ4n) is 1.87. The molecule has 1 aromatic rings. The molecule has 0 saturated heterocycles. The minimum atomic E-state index is 0.357. The van der Waals surface area contributed by atoms with Gasteiger partial charge in [-0.2, -0.15) is 0 Å². The van der Waals surface area contributed by atoms with E-state index < -0.39 is 0 Å². The van der Waals surface area contributed by atoms with E-state index in [1.165, 1.54) is 16.7 Å². The molecule has 1 unspecified atom stereocenters. The Balaban J connectivity index is 2.60. The van der Waals surface area contributed by atoms with Gasteiger partial charge in [-0.15, -0.1) is 0 Å². The number of rotatable bonds is 0. The summed E-state index contributed by atoms with van der Waals surface area (Å²) < 4.78 is 0. The number of fused-ring (bicyclic) bond motifs is 1. The van der Waals surface area contributed by atoms with E-state index in [2.05, 4.69) is 13.5 Å². The van der Waals surface area contributed by atoms with Crippen LogP contribution in [-0.2, 0) is 0 Å². The largest absolute Gasteiger partial charge is 0.508 e. The van der Waals surface area contributed by atoms with Crippen molar-refractivity contribution in [2.24, 2.45) is 0 Å². The average Bonchev–Trinajstić information content (AvgIpc) is 2.28. The lowest BCUT2D eigenvalue weighted by Crippen LogP contribution is -1.84. The Morgan fingerprint density at radius 2 is 2.25 bits per heavy atom. The minimum Gasteiger partial charge on any atom is -0.508 e. The van der Waals surface area contributed by atoms with E-state index in [0.29, 0.717) is 11.7 Å². The number of hydrogen-bond donors (Lipinski definition) is 1. The van der Waals surface area contributed by atoms with Crippen molar-refractivity contribution >= 4 is 5.57 Å². The van der Waals surface area contributed by atoms with Gasteiger partial charge in [-0.1, -0.05) is 19.6 Å². The lowest BCUT2D eigenvalue weighted by molar-refractivity contribution is 0.474. The van der Waals surface area contributed by atoms with Gasteiger partial charge in [0.25, 0.3) is 0 Å². The maximum absolute atomic E-state index is 9.27. The molecule has 0 radical (unpaired) electrons. The molecule has 0 amide bonds. The highest BCUT2D eigenvalue weighted by molar-refractivity contribution is 5.72. The molecule has 1 aliphatic carbocycles. The number of phenols is 1. The van der Waals surface area contributed by atoms with E-state index in [0.717, 1.165) is 6.42 Å². The molecule has 1 heteroatoms. The maximum atomic E-state index is 9.27. The third-order valence-electron chi connectivity index (χ3n) is 2.50. The first-order valence-corrected chi connectivity index (χ1v) is 4.19. The highest BCUT2D eigenvalue weighted by Gasteiger charge is 2.21. The first-order valence-electron chi connectivity index (χ1n) is 4.19. The van der Waals surface area contributed by atoms with Gasteiger partial charge in [0, 0.05) is 0 Å². The molecule has 1 atom stereocenters. The number of benzene rings is 1. The summed E-state index contributed by atoms with van der Waals surface area (Å²) in [5.41, 5.74) is 3.65. The van der Waals surface area contributed by atoms with Crippen LogP contribution in [0.5, 0.6) is 5.75 Å². The Kier molecular flexibility index (Phi) is 1.47. The van der Waals surface area contributed by atoms with Crippen molar-refractivity contribution in [1.29, 1.82) is 0 Å². The van der Waals surface area contributed by atoms with Crippen molar-refractivity contribution in [2.75, 3.05) is 0 Å². The number of allylic oxidation sites excluding steroid dienone is 1. The second-order valence-electron chi connectivity index (χ2n) is 3.48. The molecule has 0 aromatic heterocycles. The van der Waals surface area contributed by atoms with Gasteiger partial charge < -0.3 is 5.11 Å². The molecule has 12 heavy (non-hydrogen) atoms. The van der Waals surface area contributed by atoms with E-state index in [1.54, 1.807) is 6.07 Å². The molecule has 0 bridgehead atoms. The highest BCUT2D eigenvalue weighted by atomic mass is 16.3. The normalized spacial score (nSPS) is 21.1. The Bertz CT molecular complexity index is 339. The average molecular weight is 160 g/mol. The standard InChI is InChI=1S/C11H12O/c1-7-5-8(2)11-6-9(12)3-4-10(7)11/h3-4,6,8,12H,1,5H2,2H3. The van der Waals surface area contributed by atoms with Gasteiger partial charge in [-0.25, -0.2) is 0 Å². The fraction of sp³-hybridized carbons (Fsp3) is 0.273. The summed E-state index contributed by atoms with van der Waals surface area (Å²) in [7, 11) is 0. The lowest BCUT2D eigenvalue weighted by atomic mass is 10.0. The van der Waals surface area contributed by atoms with Gasteiger partial charge in [0.05, 0.1) is 0 Å². The predicted octanol–water partition coefficient (Wildman–Crippen LogP) is 2.91. The number of aromatic hydroxyl groups is 1. The zero-order valence-electron chi connectivity index (χ0n) is 7.17. The third-order valence-corrected chi connectivity index (χ3v) is 2.50. The fourth-order valence-corrected chi connectivity index (χ4v) is 1.87. The second-order valence-corrected chi connectivity index (χ2v) is 3.48. The van der Waals surface area contributed by atoms with Crippen molar-refractivity contribution in [1.82, 2.24) is 0 Å². The summed E-state index contributed by atoms with van der Waals surface area (Å²) in [5.74, 6) is 0.870. The smallest absolute Gasteiger partial charge is 0.115 e. The Hall–Kier alpha value is -1.24. The van der Waals surface area contributed by atoms with Gasteiger partial charge in [-0.3, -0.25) is 0 Å². The predicted molar refractivity (Wildman–Crippen MR) is 50.2 cm³/mol. The lowest BCUT2D eigenvalue weighted by Gasteiger charge is -2.03. The maximum Gasteiger partial charge on any atom is 0.115 e. The summed E-state index contributed by atoms with van der Waals surface area (Å²) in [6.07, 6.45) is 1.03. The van der Waals surface area contributed by atoms with Crippen LogP contribution in [0.3, 0.4) is 0 Å². The molecule has 1 nitrogen and oxygen atoms in total. The first-order chi connectivity index (χ1) is 5.68. The molecule has 0 fully saturated rings. The van der Waals surface area contributed by atoms with Gasteiger partial charge in [0.15, 0.2) is 0 Å². The summed E-state index contributed by atoms with van der Waals surface area (Å²) in [5, 5.41) is 9.27. The van der Waals surface area contributed by atoms with E-state index >= 15 is 0 Å². The molecule has 0 spiro atoms. The molecule has 0 saturated carbocycles.